The van der Waals surface area contributed by atoms with Crippen LogP contribution in [-0.4, -0.2) is 56.5 Å². The predicted octanol–water partition coefficient (Wildman–Crippen LogP) is 1.76. The largest absolute Gasteiger partial charge is 0.337 e. The fraction of sp³-hybridized carbons (Fsp3) is 0.316. The number of anilines is 1. The molecule has 1 amide bonds. The summed E-state index contributed by atoms with van der Waals surface area (Å²) in [5.74, 6) is 0.543. The Morgan fingerprint density at radius 2 is 1.79 bits per heavy atom. The maximum atomic E-state index is 13.0. The zero-order valence-corrected chi connectivity index (χ0v) is 16.2. The number of benzene rings is 1. The summed E-state index contributed by atoms with van der Waals surface area (Å²) < 4.78 is 1.62. The van der Waals surface area contributed by atoms with E-state index in [4.69, 9.17) is 12.2 Å². The highest BCUT2D eigenvalue weighted by Crippen LogP contribution is 2.15. The second-order valence-electron chi connectivity index (χ2n) is 6.69. The molecular weight excluding hydrogens is 376 g/mol. The number of aromatic nitrogens is 4. The summed E-state index contributed by atoms with van der Waals surface area (Å²) in [6.07, 6.45) is 3.41. The molecule has 28 heavy (non-hydrogen) atoms. The SMILES string of the molecule is C[C@@H](C(=O)N1CCN(c2ncccn2)CC1)n1c(=S)[nH]c2ccccc2c1=O. The fourth-order valence-electron chi connectivity index (χ4n) is 3.48. The summed E-state index contributed by atoms with van der Waals surface area (Å²) in [4.78, 5) is 41.3. The third kappa shape index (κ3) is 3.29. The summed E-state index contributed by atoms with van der Waals surface area (Å²) in [5, 5.41) is 0.516. The van der Waals surface area contributed by atoms with Gasteiger partial charge in [0.25, 0.3) is 5.56 Å². The number of carbonyl (C=O) groups excluding carboxylic acids is 1. The van der Waals surface area contributed by atoms with Gasteiger partial charge in [0.2, 0.25) is 11.9 Å². The Balaban J connectivity index is 1.54. The first-order valence-corrected chi connectivity index (χ1v) is 9.51. The van der Waals surface area contributed by atoms with Crippen molar-refractivity contribution in [1.82, 2.24) is 24.4 Å². The first-order valence-electron chi connectivity index (χ1n) is 9.10. The zero-order chi connectivity index (χ0) is 19.7. The van der Waals surface area contributed by atoms with Crippen molar-refractivity contribution in [3.63, 3.8) is 0 Å². The minimum atomic E-state index is -0.680. The Bertz CT molecular complexity index is 1120. The number of aromatic amines is 1. The minimum absolute atomic E-state index is 0.120. The van der Waals surface area contributed by atoms with E-state index in [0.29, 0.717) is 43.0 Å². The molecule has 1 aliphatic rings. The van der Waals surface area contributed by atoms with E-state index < -0.39 is 6.04 Å². The number of carbonyl (C=O) groups is 1. The number of hydrogen-bond acceptors (Lipinski definition) is 6. The number of para-hydroxylation sites is 1. The van der Waals surface area contributed by atoms with Gasteiger partial charge in [-0.2, -0.15) is 0 Å². The van der Waals surface area contributed by atoms with Gasteiger partial charge in [0.15, 0.2) is 4.77 Å². The number of nitrogens with one attached hydrogen (secondary N) is 1. The monoisotopic (exact) mass is 396 g/mol. The van der Waals surface area contributed by atoms with Gasteiger partial charge in [0.05, 0.1) is 10.9 Å². The summed E-state index contributed by atoms with van der Waals surface area (Å²) in [6, 6.07) is 8.25. The fourth-order valence-corrected chi connectivity index (χ4v) is 3.83. The molecule has 0 radical (unpaired) electrons. The number of piperazine rings is 1. The summed E-state index contributed by atoms with van der Waals surface area (Å²) >= 11 is 5.36. The van der Waals surface area contributed by atoms with Gasteiger partial charge in [0.1, 0.15) is 6.04 Å². The Labute approximate surface area is 166 Å². The van der Waals surface area contributed by atoms with Gasteiger partial charge in [-0.3, -0.25) is 14.2 Å². The number of fused-ring (bicyclic) bond motifs is 1. The average molecular weight is 396 g/mol. The third-order valence-electron chi connectivity index (χ3n) is 5.01. The molecule has 1 aliphatic heterocycles. The van der Waals surface area contributed by atoms with Crippen LogP contribution in [0.2, 0.25) is 0 Å². The van der Waals surface area contributed by atoms with Crippen molar-refractivity contribution in [3.8, 4) is 0 Å². The molecule has 0 saturated carbocycles. The van der Waals surface area contributed by atoms with Crippen molar-refractivity contribution in [2.45, 2.75) is 13.0 Å². The summed E-state index contributed by atoms with van der Waals surface area (Å²) in [5.41, 5.74) is 0.418. The van der Waals surface area contributed by atoms with Crippen molar-refractivity contribution >= 4 is 35.0 Å². The number of nitrogens with zero attached hydrogens (tertiary/aromatic N) is 5. The normalized spacial score (nSPS) is 15.6. The molecule has 0 aliphatic carbocycles. The van der Waals surface area contributed by atoms with Gasteiger partial charge in [-0.1, -0.05) is 12.1 Å². The van der Waals surface area contributed by atoms with Crippen LogP contribution in [0.25, 0.3) is 10.9 Å². The van der Waals surface area contributed by atoms with Crippen molar-refractivity contribution in [3.05, 3.63) is 57.9 Å². The van der Waals surface area contributed by atoms with Crippen molar-refractivity contribution in [1.29, 1.82) is 0 Å². The predicted molar refractivity (Wildman–Crippen MR) is 109 cm³/mol. The van der Waals surface area contributed by atoms with Crippen molar-refractivity contribution < 1.29 is 4.79 Å². The molecule has 3 aromatic rings. The molecule has 1 aromatic carbocycles. The van der Waals surface area contributed by atoms with Crippen LogP contribution in [0.15, 0.2) is 47.5 Å². The number of H-pyrrole nitrogens is 1. The van der Waals surface area contributed by atoms with E-state index in [1.54, 1.807) is 48.5 Å². The van der Waals surface area contributed by atoms with Crippen LogP contribution >= 0.6 is 12.2 Å². The highest BCUT2D eigenvalue weighted by molar-refractivity contribution is 7.71. The van der Waals surface area contributed by atoms with Crippen LogP contribution in [-0.2, 0) is 4.79 Å². The molecule has 0 bridgehead atoms. The Kier molecular flexibility index (Phi) is 4.91. The molecule has 0 unspecified atom stereocenters. The topological polar surface area (TPSA) is 87.1 Å². The lowest BCUT2D eigenvalue weighted by Crippen LogP contribution is -2.51. The number of hydrogen-bond donors (Lipinski definition) is 1. The lowest BCUT2D eigenvalue weighted by Gasteiger charge is -2.36. The minimum Gasteiger partial charge on any atom is -0.337 e. The lowest BCUT2D eigenvalue weighted by atomic mass is 10.2. The van der Waals surface area contributed by atoms with E-state index in [1.165, 1.54) is 4.57 Å². The van der Waals surface area contributed by atoms with Crippen LogP contribution in [0.4, 0.5) is 5.95 Å². The van der Waals surface area contributed by atoms with Crippen molar-refractivity contribution in [2.24, 2.45) is 0 Å². The van der Waals surface area contributed by atoms with Gasteiger partial charge in [0, 0.05) is 38.6 Å². The molecule has 8 nitrogen and oxygen atoms in total. The van der Waals surface area contributed by atoms with Gasteiger partial charge in [-0.25, -0.2) is 9.97 Å². The standard InChI is InChI=1S/C19H20N6O2S/c1-13(25-17(27)14-5-2-3-6-15(14)22-19(25)28)16(26)23-9-11-24(12-10-23)18-20-7-4-8-21-18/h2-8,13H,9-12H2,1H3,(H,22,28)/t13-/m0/s1. The van der Waals surface area contributed by atoms with E-state index in [0.717, 1.165) is 0 Å². The molecule has 1 fully saturated rings. The van der Waals surface area contributed by atoms with Crippen LogP contribution in [0, 0.1) is 4.77 Å². The number of amides is 1. The Morgan fingerprint density at radius 3 is 2.50 bits per heavy atom. The Morgan fingerprint density at radius 1 is 1.11 bits per heavy atom. The molecule has 1 N–H and O–H groups in total. The molecular formula is C19H20N6O2S. The van der Waals surface area contributed by atoms with E-state index in [1.807, 2.05) is 11.0 Å². The van der Waals surface area contributed by atoms with Crippen molar-refractivity contribution in [2.75, 3.05) is 31.1 Å². The highest BCUT2D eigenvalue weighted by Gasteiger charge is 2.28. The van der Waals surface area contributed by atoms with Gasteiger partial charge in [-0.15, -0.1) is 0 Å². The molecule has 9 heteroatoms. The van der Waals surface area contributed by atoms with Crippen LogP contribution in [0.5, 0.6) is 0 Å². The first-order chi connectivity index (χ1) is 13.6. The average Bonchev–Trinajstić information content (AvgIpc) is 2.74. The second-order valence-corrected chi connectivity index (χ2v) is 7.07. The maximum Gasteiger partial charge on any atom is 0.262 e. The van der Waals surface area contributed by atoms with Gasteiger partial charge < -0.3 is 14.8 Å². The molecule has 144 valence electrons. The molecule has 3 heterocycles. The van der Waals surface area contributed by atoms with E-state index in [2.05, 4.69) is 15.0 Å². The maximum absolute atomic E-state index is 13.0. The highest BCUT2D eigenvalue weighted by atomic mass is 32.1. The third-order valence-corrected chi connectivity index (χ3v) is 5.31. The summed E-state index contributed by atoms with van der Waals surface area (Å²) in [6.45, 7) is 4.08. The smallest absolute Gasteiger partial charge is 0.262 e. The van der Waals surface area contributed by atoms with E-state index in [9.17, 15) is 9.59 Å². The lowest BCUT2D eigenvalue weighted by molar-refractivity contribution is -0.134. The summed E-state index contributed by atoms with van der Waals surface area (Å²) in [7, 11) is 0. The molecule has 4 rings (SSSR count). The second kappa shape index (κ2) is 7.51. The number of rotatable bonds is 3. The zero-order valence-electron chi connectivity index (χ0n) is 15.4. The Hall–Kier alpha value is -3.07. The molecule has 2 aromatic heterocycles. The van der Waals surface area contributed by atoms with Gasteiger partial charge in [-0.05, 0) is 37.3 Å². The molecule has 1 saturated heterocycles. The van der Waals surface area contributed by atoms with Gasteiger partial charge >= 0.3 is 0 Å². The van der Waals surface area contributed by atoms with Crippen LogP contribution < -0.4 is 10.5 Å². The van der Waals surface area contributed by atoms with Crippen LogP contribution in [0.1, 0.15) is 13.0 Å². The molecule has 1 atom stereocenters. The quantitative estimate of drug-likeness (QED) is 0.679. The first kappa shape index (κ1) is 18.3. The van der Waals surface area contributed by atoms with E-state index in [-0.39, 0.29) is 16.2 Å². The van der Waals surface area contributed by atoms with Crippen LogP contribution in [0.3, 0.4) is 0 Å². The molecule has 0 spiro atoms. The van der Waals surface area contributed by atoms with E-state index >= 15 is 0 Å².